The van der Waals surface area contributed by atoms with Gasteiger partial charge in [0.1, 0.15) is 23.0 Å². The molecule has 1 saturated heterocycles. The number of para-hydroxylation sites is 1. The highest BCUT2D eigenvalue weighted by Gasteiger charge is 2.30. The second kappa shape index (κ2) is 7.51. The second-order valence-corrected chi connectivity index (χ2v) is 8.47. The molecule has 1 aliphatic rings. The zero-order valence-electron chi connectivity index (χ0n) is 17.3. The van der Waals surface area contributed by atoms with Gasteiger partial charge in [0.05, 0.1) is 6.04 Å². The van der Waals surface area contributed by atoms with Gasteiger partial charge in [0.2, 0.25) is 0 Å². The number of nitrogens with zero attached hydrogens (tertiary/aromatic N) is 4. The molecule has 1 aromatic carbocycles. The standard InChI is InChI=1S/C21H27N5O3/c1-21(2,3)29-20(27)22-11-14-12-25(4)9-10-26(14)19-18-17(23-13-24-19)15-7-5-6-8-16(15)28-18/h5-8,13-14H,9-12H2,1-4H3,(H,22,27)/t14-/m0/s1. The number of carbonyl (C=O) groups excluding carboxylic acids is 1. The number of furan rings is 1. The van der Waals surface area contributed by atoms with Crippen molar-refractivity contribution < 1.29 is 13.9 Å². The molecule has 0 bridgehead atoms. The average Bonchev–Trinajstić information content (AvgIpc) is 3.04. The first-order valence-electron chi connectivity index (χ1n) is 9.86. The van der Waals surface area contributed by atoms with Gasteiger partial charge >= 0.3 is 6.09 Å². The van der Waals surface area contributed by atoms with Crippen LogP contribution in [0.15, 0.2) is 35.0 Å². The van der Waals surface area contributed by atoms with E-state index in [0.717, 1.165) is 41.9 Å². The molecule has 0 radical (unpaired) electrons. The maximum absolute atomic E-state index is 12.1. The van der Waals surface area contributed by atoms with E-state index in [9.17, 15) is 4.79 Å². The van der Waals surface area contributed by atoms with Crippen LogP contribution in [0.1, 0.15) is 20.8 Å². The molecule has 154 valence electrons. The Morgan fingerprint density at radius 1 is 1.28 bits per heavy atom. The number of piperazine rings is 1. The van der Waals surface area contributed by atoms with Gasteiger partial charge < -0.3 is 24.3 Å². The molecule has 4 rings (SSSR count). The minimum absolute atomic E-state index is 0.0348. The molecular formula is C21H27N5O3. The molecule has 1 aliphatic heterocycles. The normalized spacial score (nSPS) is 18.3. The molecule has 0 spiro atoms. The molecule has 0 unspecified atom stereocenters. The quantitative estimate of drug-likeness (QED) is 0.727. The number of amides is 1. The van der Waals surface area contributed by atoms with Gasteiger partial charge in [-0.2, -0.15) is 0 Å². The molecule has 1 fully saturated rings. The van der Waals surface area contributed by atoms with Crippen LogP contribution >= 0.6 is 0 Å². The van der Waals surface area contributed by atoms with Crippen molar-refractivity contribution in [1.82, 2.24) is 20.2 Å². The van der Waals surface area contributed by atoms with Crippen molar-refractivity contribution in [2.24, 2.45) is 0 Å². The maximum atomic E-state index is 12.1. The molecular weight excluding hydrogens is 370 g/mol. The minimum Gasteiger partial charge on any atom is -0.450 e. The first kappa shape index (κ1) is 19.4. The molecule has 3 aromatic rings. The summed E-state index contributed by atoms with van der Waals surface area (Å²) in [4.78, 5) is 25.6. The summed E-state index contributed by atoms with van der Waals surface area (Å²) in [6.07, 6.45) is 1.17. The number of likely N-dealkylation sites (N-methyl/N-ethyl adjacent to an activating group) is 1. The topological polar surface area (TPSA) is 83.7 Å². The fourth-order valence-corrected chi connectivity index (χ4v) is 3.70. The molecule has 1 atom stereocenters. The third-order valence-corrected chi connectivity index (χ3v) is 4.98. The molecule has 0 saturated carbocycles. The van der Waals surface area contributed by atoms with E-state index in [4.69, 9.17) is 9.15 Å². The summed E-state index contributed by atoms with van der Waals surface area (Å²) >= 11 is 0. The van der Waals surface area contributed by atoms with Crippen LogP contribution in [0.5, 0.6) is 0 Å². The van der Waals surface area contributed by atoms with Crippen LogP contribution in [-0.4, -0.2) is 65.8 Å². The lowest BCUT2D eigenvalue weighted by atomic mass is 10.1. The number of alkyl carbamates (subject to hydrolysis) is 1. The Kier molecular flexibility index (Phi) is 5.04. The summed E-state index contributed by atoms with van der Waals surface area (Å²) in [5, 5.41) is 3.88. The van der Waals surface area contributed by atoms with E-state index >= 15 is 0 Å². The largest absolute Gasteiger partial charge is 0.450 e. The van der Waals surface area contributed by atoms with Gasteiger partial charge in [0.25, 0.3) is 0 Å². The summed E-state index contributed by atoms with van der Waals surface area (Å²) in [6, 6.07) is 7.90. The number of fused-ring (bicyclic) bond motifs is 3. The first-order chi connectivity index (χ1) is 13.8. The Balaban J connectivity index is 1.62. The fourth-order valence-electron chi connectivity index (χ4n) is 3.70. The minimum atomic E-state index is -0.528. The fraction of sp³-hybridized carbons (Fsp3) is 0.476. The molecule has 1 amide bonds. The van der Waals surface area contributed by atoms with Crippen LogP contribution in [-0.2, 0) is 4.74 Å². The number of anilines is 1. The molecule has 3 heterocycles. The molecule has 1 N–H and O–H groups in total. The van der Waals surface area contributed by atoms with E-state index in [2.05, 4.69) is 32.1 Å². The van der Waals surface area contributed by atoms with Crippen LogP contribution in [0.3, 0.4) is 0 Å². The molecule has 8 nitrogen and oxygen atoms in total. The number of carbonyl (C=O) groups is 1. The van der Waals surface area contributed by atoms with Crippen LogP contribution < -0.4 is 10.2 Å². The Morgan fingerprint density at radius 2 is 2.07 bits per heavy atom. The second-order valence-electron chi connectivity index (χ2n) is 8.47. The van der Waals surface area contributed by atoms with Gasteiger partial charge in [-0.05, 0) is 40.0 Å². The highest BCUT2D eigenvalue weighted by atomic mass is 16.6. The summed E-state index contributed by atoms with van der Waals surface area (Å²) in [7, 11) is 2.08. The van der Waals surface area contributed by atoms with Gasteiger partial charge in [-0.3, -0.25) is 0 Å². The predicted octanol–water partition coefficient (Wildman–Crippen LogP) is 3.02. The van der Waals surface area contributed by atoms with Crippen molar-refractivity contribution in [2.45, 2.75) is 32.4 Å². The van der Waals surface area contributed by atoms with Crippen molar-refractivity contribution in [3.63, 3.8) is 0 Å². The van der Waals surface area contributed by atoms with Crippen LogP contribution in [0, 0.1) is 0 Å². The summed E-state index contributed by atoms with van der Waals surface area (Å²) in [6.45, 7) is 8.48. The predicted molar refractivity (Wildman–Crippen MR) is 112 cm³/mol. The summed E-state index contributed by atoms with van der Waals surface area (Å²) in [5.41, 5.74) is 1.76. The monoisotopic (exact) mass is 397 g/mol. The third-order valence-electron chi connectivity index (χ3n) is 4.98. The lowest BCUT2D eigenvalue weighted by Gasteiger charge is -2.40. The highest BCUT2D eigenvalue weighted by molar-refractivity contribution is 6.05. The van der Waals surface area contributed by atoms with Crippen molar-refractivity contribution in [2.75, 3.05) is 38.1 Å². The Hall–Kier alpha value is -2.87. The number of hydrogen-bond donors (Lipinski definition) is 1. The van der Waals surface area contributed by atoms with E-state index in [1.165, 1.54) is 0 Å². The Morgan fingerprint density at radius 3 is 2.86 bits per heavy atom. The number of aromatic nitrogens is 2. The highest BCUT2D eigenvalue weighted by Crippen LogP contribution is 2.33. The zero-order valence-corrected chi connectivity index (χ0v) is 17.3. The van der Waals surface area contributed by atoms with Crippen LogP contribution in [0.2, 0.25) is 0 Å². The van der Waals surface area contributed by atoms with E-state index < -0.39 is 11.7 Å². The van der Waals surface area contributed by atoms with Crippen molar-refractivity contribution in [3.05, 3.63) is 30.6 Å². The first-order valence-corrected chi connectivity index (χ1v) is 9.86. The van der Waals surface area contributed by atoms with E-state index in [-0.39, 0.29) is 6.04 Å². The van der Waals surface area contributed by atoms with E-state index in [0.29, 0.717) is 12.1 Å². The van der Waals surface area contributed by atoms with E-state index in [1.54, 1.807) is 6.33 Å². The Labute approximate surface area is 169 Å². The van der Waals surface area contributed by atoms with Crippen molar-refractivity contribution in [3.8, 4) is 0 Å². The Bertz CT molecular complexity index is 1030. The number of benzene rings is 1. The number of rotatable bonds is 3. The summed E-state index contributed by atoms with van der Waals surface area (Å²) in [5.74, 6) is 0.760. The van der Waals surface area contributed by atoms with Crippen molar-refractivity contribution in [1.29, 1.82) is 0 Å². The number of nitrogens with one attached hydrogen (secondary N) is 1. The molecule has 8 heteroatoms. The maximum Gasteiger partial charge on any atom is 0.407 e. The lowest BCUT2D eigenvalue weighted by Crippen LogP contribution is -2.56. The van der Waals surface area contributed by atoms with Gasteiger partial charge in [-0.1, -0.05) is 12.1 Å². The van der Waals surface area contributed by atoms with Gasteiger partial charge in [0.15, 0.2) is 11.4 Å². The van der Waals surface area contributed by atoms with E-state index in [1.807, 2.05) is 45.0 Å². The molecule has 2 aromatic heterocycles. The van der Waals surface area contributed by atoms with Gasteiger partial charge in [-0.15, -0.1) is 0 Å². The third kappa shape index (κ3) is 4.12. The number of hydrogen-bond acceptors (Lipinski definition) is 7. The smallest absolute Gasteiger partial charge is 0.407 e. The molecule has 0 aliphatic carbocycles. The SMILES string of the molecule is CN1CCN(c2ncnc3c2oc2ccccc23)[C@@H](CNC(=O)OC(C)(C)C)C1. The van der Waals surface area contributed by atoms with Crippen LogP contribution in [0.4, 0.5) is 10.6 Å². The zero-order chi connectivity index (χ0) is 20.6. The number of ether oxygens (including phenoxy) is 1. The summed E-state index contributed by atoms with van der Waals surface area (Å²) < 4.78 is 11.5. The van der Waals surface area contributed by atoms with Gasteiger partial charge in [0, 0.05) is 31.6 Å². The lowest BCUT2D eigenvalue weighted by molar-refractivity contribution is 0.0520. The average molecular weight is 397 g/mol. The van der Waals surface area contributed by atoms with Gasteiger partial charge in [-0.25, -0.2) is 14.8 Å². The van der Waals surface area contributed by atoms with Crippen molar-refractivity contribution >= 4 is 34.0 Å². The van der Waals surface area contributed by atoms with Crippen LogP contribution in [0.25, 0.3) is 22.1 Å². The molecule has 29 heavy (non-hydrogen) atoms.